The Hall–Kier alpha value is -2.17. The van der Waals surface area contributed by atoms with Crippen molar-refractivity contribution in [2.45, 2.75) is 16.4 Å². The maximum Gasteiger partial charge on any atom is 0.206 e. The van der Waals surface area contributed by atoms with E-state index in [9.17, 15) is 13.5 Å². The molecular formula is C17H14O3S. The molecule has 3 aromatic carbocycles. The molecule has 3 aromatic rings. The molecular weight excluding hydrogens is 284 g/mol. The van der Waals surface area contributed by atoms with E-state index in [0.717, 1.165) is 10.8 Å². The zero-order valence-corrected chi connectivity index (χ0v) is 12.0. The molecule has 0 saturated carbocycles. The minimum atomic E-state index is -3.57. The normalized spacial score (nSPS) is 11.7. The molecule has 1 N–H and O–H groups in total. The highest BCUT2D eigenvalue weighted by molar-refractivity contribution is 7.91. The fourth-order valence-corrected chi connectivity index (χ4v) is 3.75. The Labute approximate surface area is 123 Å². The van der Waals surface area contributed by atoms with Crippen molar-refractivity contribution in [3.8, 4) is 0 Å². The molecule has 0 radical (unpaired) electrons. The van der Waals surface area contributed by atoms with Crippen LogP contribution in [-0.4, -0.2) is 13.5 Å². The molecule has 4 heteroatoms. The van der Waals surface area contributed by atoms with E-state index in [2.05, 4.69) is 0 Å². The Morgan fingerprint density at radius 1 is 0.810 bits per heavy atom. The minimum absolute atomic E-state index is 0.196. The monoisotopic (exact) mass is 298 g/mol. The lowest BCUT2D eigenvalue weighted by molar-refractivity contribution is 0.283. The second kappa shape index (κ2) is 5.31. The summed E-state index contributed by atoms with van der Waals surface area (Å²) in [6, 6.07) is 18.9. The number of sulfone groups is 1. The van der Waals surface area contributed by atoms with Crippen molar-refractivity contribution in [3.05, 3.63) is 72.3 Å². The molecule has 0 bridgehead atoms. The zero-order chi connectivity index (χ0) is 14.9. The Morgan fingerprint density at radius 3 is 2.19 bits per heavy atom. The highest BCUT2D eigenvalue weighted by Crippen LogP contribution is 2.27. The van der Waals surface area contributed by atoms with Crippen LogP contribution in [-0.2, 0) is 16.4 Å². The third kappa shape index (κ3) is 2.44. The van der Waals surface area contributed by atoms with Crippen LogP contribution < -0.4 is 0 Å². The van der Waals surface area contributed by atoms with Crippen molar-refractivity contribution in [3.63, 3.8) is 0 Å². The number of hydrogen-bond donors (Lipinski definition) is 1. The van der Waals surface area contributed by atoms with Crippen LogP contribution >= 0.6 is 0 Å². The van der Waals surface area contributed by atoms with Crippen molar-refractivity contribution in [1.29, 1.82) is 0 Å². The summed E-state index contributed by atoms with van der Waals surface area (Å²) in [7, 11) is -3.57. The zero-order valence-electron chi connectivity index (χ0n) is 11.2. The third-order valence-corrected chi connectivity index (χ3v) is 5.20. The van der Waals surface area contributed by atoms with Crippen molar-refractivity contribution in [1.82, 2.24) is 0 Å². The van der Waals surface area contributed by atoms with Crippen molar-refractivity contribution in [2.24, 2.45) is 0 Å². The lowest BCUT2D eigenvalue weighted by Crippen LogP contribution is -2.03. The van der Waals surface area contributed by atoms with Crippen LogP contribution in [0.3, 0.4) is 0 Å². The molecule has 0 fully saturated rings. The summed E-state index contributed by atoms with van der Waals surface area (Å²) in [5.41, 5.74) is 0.614. The smallest absolute Gasteiger partial charge is 0.206 e. The largest absolute Gasteiger partial charge is 0.392 e. The van der Waals surface area contributed by atoms with Gasteiger partial charge in [0.05, 0.1) is 16.4 Å². The molecule has 0 saturated heterocycles. The van der Waals surface area contributed by atoms with E-state index in [4.69, 9.17) is 0 Å². The molecule has 106 valence electrons. The molecule has 0 atom stereocenters. The SMILES string of the molecule is O=S(=O)(c1ccccc1)c1cc(CO)c2ccccc2c1. The summed E-state index contributed by atoms with van der Waals surface area (Å²) in [6.45, 7) is -0.196. The van der Waals surface area contributed by atoms with Gasteiger partial charge >= 0.3 is 0 Å². The van der Waals surface area contributed by atoms with E-state index >= 15 is 0 Å². The Kier molecular flexibility index (Phi) is 3.49. The van der Waals surface area contributed by atoms with E-state index in [-0.39, 0.29) is 16.4 Å². The number of hydrogen-bond acceptors (Lipinski definition) is 3. The van der Waals surface area contributed by atoms with Crippen LogP contribution in [0.1, 0.15) is 5.56 Å². The van der Waals surface area contributed by atoms with Crippen molar-refractivity contribution >= 4 is 20.6 Å². The van der Waals surface area contributed by atoms with Crippen LogP contribution in [0, 0.1) is 0 Å². The molecule has 0 spiro atoms. The van der Waals surface area contributed by atoms with Gasteiger partial charge in [0.25, 0.3) is 0 Å². The number of aliphatic hydroxyl groups excluding tert-OH is 1. The summed E-state index contributed by atoms with van der Waals surface area (Å²) < 4.78 is 25.3. The van der Waals surface area contributed by atoms with Gasteiger partial charge in [-0.2, -0.15) is 0 Å². The van der Waals surface area contributed by atoms with Crippen LogP contribution in [0.15, 0.2) is 76.5 Å². The Morgan fingerprint density at radius 2 is 1.48 bits per heavy atom. The van der Waals surface area contributed by atoms with E-state index < -0.39 is 9.84 Å². The van der Waals surface area contributed by atoms with E-state index in [1.807, 2.05) is 24.3 Å². The van der Waals surface area contributed by atoms with Gasteiger partial charge < -0.3 is 5.11 Å². The first-order valence-electron chi connectivity index (χ1n) is 6.55. The average molecular weight is 298 g/mol. The number of benzene rings is 3. The number of fused-ring (bicyclic) bond motifs is 1. The predicted molar refractivity (Wildman–Crippen MR) is 81.8 cm³/mol. The summed E-state index contributed by atoms with van der Waals surface area (Å²) in [5, 5.41) is 11.2. The van der Waals surface area contributed by atoms with Crippen LogP contribution in [0.4, 0.5) is 0 Å². The van der Waals surface area contributed by atoms with Crippen LogP contribution in [0.25, 0.3) is 10.8 Å². The fraction of sp³-hybridized carbons (Fsp3) is 0.0588. The average Bonchev–Trinajstić information content (AvgIpc) is 2.54. The molecule has 0 aromatic heterocycles. The fourth-order valence-electron chi connectivity index (χ4n) is 2.38. The van der Waals surface area contributed by atoms with Crippen LogP contribution in [0.5, 0.6) is 0 Å². The maximum absolute atomic E-state index is 12.7. The molecule has 0 aliphatic heterocycles. The predicted octanol–water partition coefficient (Wildman–Crippen LogP) is 3.16. The van der Waals surface area contributed by atoms with Gasteiger partial charge in [-0.15, -0.1) is 0 Å². The highest BCUT2D eigenvalue weighted by Gasteiger charge is 2.18. The van der Waals surface area contributed by atoms with E-state index in [1.54, 1.807) is 42.5 Å². The molecule has 3 nitrogen and oxygen atoms in total. The molecule has 0 amide bonds. The standard InChI is InChI=1S/C17H14O3S/c18-12-14-11-16(10-13-6-4-5-9-17(13)14)21(19,20)15-7-2-1-3-8-15/h1-11,18H,12H2. The van der Waals surface area contributed by atoms with Gasteiger partial charge in [0.2, 0.25) is 9.84 Å². The second-order valence-electron chi connectivity index (χ2n) is 4.78. The van der Waals surface area contributed by atoms with E-state index in [1.165, 1.54) is 0 Å². The molecule has 0 heterocycles. The molecule has 21 heavy (non-hydrogen) atoms. The van der Waals surface area contributed by atoms with Crippen molar-refractivity contribution < 1.29 is 13.5 Å². The topological polar surface area (TPSA) is 54.4 Å². The van der Waals surface area contributed by atoms with Gasteiger partial charge in [0.15, 0.2) is 0 Å². The molecule has 0 unspecified atom stereocenters. The molecule has 3 rings (SSSR count). The first kappa shape index (κ1) is 13.8. The minimum Gasteiger partial charge on any atom is -0.392 e. The van der Waals surface area contributed by atoms with Gasteiger partial charge in [0, 0.05) is 0 Å². The molecule has 0 aliphatic carbocycles. The number of rotatable bonds is 3. The summed E-state index contributed by atoms with van der Waals surface area (Å²) >= 11 is 0. The quantitative estimate of drug-likeness (QED) is 0.808. The maximum atomic E-state index is 12.7. The van der Waals surface area contributed by atoms with Gasteiger partial charge in [-0.3, -0.25) is 0 Å². The van der Waals surface area contributed by atoms with Crippen molar-refractivity contribution in [2.75, 3.05) is 0 Å². The van der Waals surface area contributed by atoms with E-state index in [0.29, 0.717) is 5.56 Å². The Balaban J connectivity index is 2.26. The first-order valence-corrected chi connectivity index (χ1v) is 8.04. The summed E-state index contributed by atoms with van der Waals surface area (Å²) in [4.78, 5) is 0.459. The lowest BCUT2D eigenvalue weighted by atomic mass is 10.1. The van der Waals surface area contributed by atoms with Gasteiger partial charge in [0.1, 0.15) is 0 Å². The summed E-state index contributed by atoms with van der Waals surface area (Å²) in [6.07, 6.45) is 0. The van der Waals surface area contributed by atoms with Gasteiger partial charge in [-0.25, -0.2) is 8.42 Å². The number of aliphatic hydroxyl groups is 1. The summed E-state index contributed by atoms with van der Waals surface area (Å²) in [5.74, 6) is 0. The van der Waals surface area contributed by atoms with Gasteiger partial charge in [-0.1, -0.05) is 42.5 Å². The lowest BCUT2D eigenvalue weighted by Gasteiger charge is -2.09. The highest BCUT2D eigenvalue weighted by atomic mass is 32.2. The van der Waals surface area contributed by atoms with Crippen LogP contribution in [0.2, 0.25) is 0 Å². The third-order valence-electron chi connectivity index (χ3n) is 3.46. The second-order valence-corrected chi connectivity index (χ2v) is 6.73. The Bertz CT molecular complexity index is 884. The first-order chi connectivity index (χ1) is 10.1. The molecule has 0 aliphatic rings. The van der Waals surface area contributed by atoms with Gasteiger partial charge in [-0.05, 0) is 40.6 Å².